The third-order valence-electron chi connectivity index (χ3n) is 5.45. The van der Waals surface area contributed by atoms with Crippen molar-refractivity contribution in [1.82, 2.24) is 9.47 Å². The Labute approximate surface area is 189 Å². The van der Waals surface area contributed by atoms with Crippen molar-refractivity contribution in [1.29, 1.82) is 5.26 Å². The van der Waals surface area contributed by atoms with Crippen LogP contribution in [0.1, 0.15) is 26.4 Å². The molecule has 3 aromatic rings. The number of carboxylic acids is 1. The lowest BCUT2D eigenvalue weighted by molar-refractivity contribution is 0.0564. The number of nitrogens with zero attached hydrogens (tertiary/aromatic N) is 3. The molecule has 3 amide bonds. The van der Waals surface area contributed by atoms with Crippen molar-refractivity contribution < 1.29 is 24.2 Å². The van der Waals surface area contributed by atoms with Crippen LogP contribution in [0.2, 0.25) is 0 Å². The second-order valence-electron chi connectivity index (χ2n) is 7.52. The number of rotatable bonds is 4. The topological polar surface area (TPSA) is 137 Å². The Balaban J connectivity index is 1.57. The maximum atomic E-state index is 12.9. The van der Waals surface area contributed by atoms with E-state index in [4.69, 9.17) is 10.00 Å². The van der Waals surface area contributed by atoms with Gasteiger partial charge in [-0.25, -0.2) is 9.59 Å². The molecule has 0 saturated carbocycles. The van der Waals surface area contributed by atoms with E-state index in [0.717, 1.165) is 10.9 Å². The summed E-state index contributed by atoms with van der Waals surface area (Å²) in [5.74, 6) is -1.75. The molecule has 0 radical (unpaired) electrons. The molecule has 10 heteroatoms. The van der Waals surface area contributed by atoms with E-state index >= 15 is 0 Å². The number of carboxylic acid groups (broad SMARTS) is 1. The average Bonchev–Trinajstić information content (AvgIpc) is 3.15. The summed E-state index contributed by atoms with van der Waals surface area (Å²) in [5, 5.41) is 24.7. The zero-order valence-corrected chi connectivity index (χ0v) is 17.8. The van der Waals surface area contributed by atoms with Crippen LogP contribution in [0, 0.1) is 11.3 Å². The van der Waals surface area contributed by atoms with Gasteiger partial charge in [-0.2, -0.15) is 5.26 Å². The molecule has 3 N–H and O–H groups in total. The van der Waals surface area contributed by atoms with Crippen LogP contribution in [0.4, 0.5) is 16.2 Å². The molecular formula is C23H21N5O5. The van der Waals surface area contributed by atoms with Crippen molar-refractivity contribution >= 4 is 40.2 Å². The third kappa shape index (κ3) is 4.49. The van der Waals surface area contributed by atoms with Crippen molar-refractivity contribution in [2.45, 2.75) is 0 Å². The van der Waals surface area contributed by atoms with Gasteiger partial charge in [0.25, 0.3) is 5.91 Å². The Morgan fingerprint density at radius 3 is 2.52 bits per heavy atom. The summed E-state index contributed by atoms with van der Waals surface area (Å²) >= 11 is 0. The molecule has 0 bridgehead atoms. The number of fused-ring (bicyclic) bond motifs is 1. The van der Waals surface area contributed by atoms with E-state index < -0.39 is 11.9 Å². The largest absolute Gasteiger partial charge is 0.478 e. The fourth-order valence-electron chi connectivity index (χ4n) is 3.68. The van der Waals surface area contributed by atoms with E-state index in [1.807, 2.05) is 6.07 Å². The van der Waals surface area contributed by atoms with Gasteiger partial charge >= 0.3 is 12.0 Å². The lowest BCUT2D eigenvalue weighted by Gasteiger charge is -2.26. The van der Waals surface area contributed by atoms with Gasteiger partial charge in [0.1, 0.15) is 5.69 Å². The lowest BCUT2D eigenvalue weighted by atomic mass is 10.1. The molecule has 1 aromatic heterocycles. The number of hydrogen-bond donors (Lipinski definition) is 3. The number of aromatic carboxylic acids is 1. The minimum absolute atomic E-state index is 0.0928. The van der Waals surface area contributed by atoms with Gasteiger partial charge in [-0.05, 0) is 36.4 Å². The number of ether oxygens (including phenoxy) is 1. The number of aryl methyl sites for hydroxylation is 1. The predicted molar refractivity (Wildman–Crippen MR) is 120 cm³/mol. The number of carbonyl (C=O) groups is 3. The number of urea groups is 1. The highest BCUT2D eigenvalue weighted by molar-refractivity contribution is 6.09. The molecule has 0 spiro atoms. The fourth-order valence-corrected chi connectivity index (χ4v) is 3.68. The molecule has 0 unspecified atom stereocenters. The molecule has 168 valence electrons. The number of anilines is 2. The van der Waals surface area contributed by atoms with E-state index in [9.17, 15) is 19.5 Å². The Morgan fingerprint density at radius 1 is 1.06 bits per heavy atom. The highest BCUT2D eigenvalue weighted by Gasteiger charge is 2.19. The van der Waals surface area contributed by atoms with Gasteiger partial charge < -0.3 is 29.9 Å². The molecule has 0 aliphatic carbocycles. The summed E-state index contributed by atoms with van der Waals surface area (Å²) in [6.07, 6.45) is 0. The van der Waals surface area contributed by atoms with Crippen LogP contribution in [0.3, 0.4) is 0 Å². The van der Waals surface area contributed by atoms with E-state index in [2.05, 4.69) is 10.6 Å². The van der Waals surface area contributed by atoms with Crippen molar-refractivity contribution in [3.63, 3.8) is 0 Å². The van der Waals surface area contributed by atoms with E-state index in [1.165, 1.54) is 18.2 Å². The molecule has 2 heterocycles. The SMILES string of the molecule is Cn1c(C(=O)Nc2ccc(C#N)cc2C(=O)O)cc2ccc(NC(=O)N3CCOCC3)cc21. The number of aromatic nitrogens is 1. The van der Waals surface area contributed by atoms with Crippen LogP contribution in [0.25, 0.3) is 10.9 Å². The number of carbonyl (C=O) groups excluding carboxylic acids is 2. The van der Waals surface area contributed by atoms with Crippen molar-refractivity contribution in [2.24, 2.45) is 7.05 Å². The first-order valence-corrected chi connectivity index (χ1v) is 10.2. The van der Waals surface area contributed by atoms with Crippen LogP contribution in [-0.4, -0.2) is 58.8 Å². The zero-order valence-electron chi connectivity index (χ0n) is 17.8. The van der Waals surface area contributed by atoms with Gasteiger partial charge in [0.15, 0.2) is 0 Å². The monoisotopic (exact) mass is 447 g/mol. The molecular weight excluding hydrogens is 426 g/mol. The molecule has 1 saturated heterocycles. The standard InChI is InChI=1S/C23H21N5O5/c1-27-19-12-16(25-23(32)28-6-8-33-9-7-28)4-3-15(19)11-20(27)21(29)26-18-5-2-14(13-24)10-17(18)22(30)31/h2-5,10-12H,6-9H2,1H3,(H,25,32)(H,26,29)(H,30,31). The number of nitrogens with one attached hydrogen (secondary N) is 2. The zero-order chi connectivity index (χ0) is 23.5. The quantitative estimate of drug-likeness (QED) is 0.563. The molecule has 10 nitrogen and oxygen atoms in total. The minimum Gasteiger partial charge on any atom is -0.478 e. The molecule has 2 aromatic carbocycles. The van der Waals surface area contributed by atoms with Gasteiger partial charge in [-0.3, -0.25) is 4.79 Å². The van der Waals surface area contributed by atoms with Crippen LogP contribution >= 0.6 is 0 Å². The van der Waals surface area contributed by atoms with Gasteiger partial charge in [0.2, 0.25) is 0 Å². The molecule has 1 aliphatic rings. The van der Waals surface area contributed by atoms with Crippen molar-refractivity contribution in [2.75, 3.05) is 36.9 Å². The van der Waals surface area contributed by atoms with Crippen LogP contribution in [0.5, 0.6) is 0 Å². The number of nitriles is 1. The second-order valence-corrected chi connectivity index (χ2v) is 7.52. The highest BCUT2D eigenvalue weighted by Crippen LogP contribution is 2.25. The normalized spacial score (nSPS) is 13.4. The first-order chi connectivity index (χ1) is 15.9. The van der Waals surface area contributed by atoms with Gasteiger partial charge in [0.05, 0.1) is 41.6 Å². The van der Waals surface area contributed by atoms with Crippen LogP contribution < -0.4 is 10.6 Å². The Kier molecular flexibility index (Phi) is 5.97. The van der Waals surface area contributed by atoms with Crippen molar-refractivity contribution in [3.05, 3.63) is 59.3 Å². The fraction of sp³-hybridized carbons (Fsp3) is 0.217. The van der Waals surface area contributed by atoms with Crippen LogP contribution in [-0.2, 0) is 11.8 Å². The number of hydrogen-bond acceptors (Lipinski definition) is 5. The maximum absolute atomic E-state index is 12.9. The molecule has 1 aliphatic heterocycles. The summed E-state index contributed by atoms with van der Waals surface area (Å²) in [6.45, 7) is 2.06. The smallest absolute Gasteiger partial charge is 0.337 e. The summed E-state index contributed by atoms with van der Waals surface area (Å²) < 4.78 is 6.93. The number of morpholine rings is 1. The minimum atomic E-state index is -1.25. The molecule has 4 rings (SSSR count). The molecule has 33 heavy (non-hydrogen) atoms. The number of benzene rings is 2. The number of amides is 3. The van der Waals surface area contributed by atoms with E-state index in [0.29, 0.717) is 37.7 Å². The summed E-state index contributed by atoms with van der Waals surface area (Å²) in [5.41, 5.74) is 1.72. The summed E-state index contributed by atoms with van der Waals surface area (Å²) in [4.78, 5) is 38.6. The van der Waals surface area contributed by atoms with E-state index in [1.54, 1.807) is 40.8 Å². The first kappa shape index (κ1) is 21.9. The highest BCUT2D eigenvalue weighted by atomic mass is 16.5. The van der Waals surface area contributed by atoms with Gasteiger partial charge in [0, 0.05) is 31.2 Å². The third-order valence-corrected chi connectivity index (χ3v) is 5.45. The van der Waals surface area contributed by atoms with Crippen LogP contribution in [0.15, 0.2) is 42.5 Å². The Bertz CT molecular complexity index is 1300. The van der Waals surface area contributed by atoms with E-state index in [-0.39, 0.29) is 22.8 Å². The Morgan fingerprint density at radius 2 is 1.82 bits per heavy atom. The lowest BCUT2D eigenvalue weighted by Crippen LogP contribution is -2.43. The average molecular weight is 447 g/mol. The molecule has 1 fully saturated rings. The Hall–Kier alpha value is -4.36. The molecule has 0 atom stereocenters. The first-order valence-electron chi connectivity index (χ1n) is 10.2. The summed E-state index contributed by atoms with van der Waals surface area (Å²) in [6, 6.07) is 12.7. The van der Waals surface area contributed by atoms with Gasteiger partial charge in [-0.1, -0.05) is 6.07 Å². The second kappa shape index (κ2) is 9.02. The summed E-state index contributed by atoms with van der Waals surface area (Å²) in [7, 11) is 1.71. The van der Waals surface area contributed by atoms with Gasteiger partial charge in [-0.15, -0.1) is 0 Å². The maximum Gasteiger partial charge on any atom is 0.337 e. The van der Waals surface area contributed by atoms with Crippen molar-refractivity contribution in [3.8, 4) is 6.07 Å². The predicted octanol–water partition coefficient (Wildman–Crippen LogP) is 2.86.